The first-order valence-corrected chi connectivity index (χ1v) is 4.22. The van der Waals surface area contributed by atoms with Crippen LogP contribution in [0.15, 0.2) is 16.7 Å². The SMILES string of the molecule is Cc1cc(CCC(C)C)co1. The van der Waals surface area contributed by atoms with Gasteiger partial charge in [-0.25, -0.2) is 0 Å². The first-order valence-electron chi connectivity index (χ1n) is 4.22. The maximum absolute atomic E-state index is 5.20. The highest BCUT2D eigenvalue weighted by Gasteiger charge is 1.99. The third-order valence-electron chi connectivity index (χ3n) is 1.80. The third-order valence-corrected chi connectivity index (χ3v) is 1.80. The number of furan rings is 1. The van der Waals surface area contributed by atoms with Gasteiger partial charge in [0.1, 0.15) is 5.76 Å². The van der Waals surface area contributed by atoms with Crippen LogP contribution >= 0.6 is 0 Å². The Morgan fingerprint density at radius 2 is 2.18 bits per heavy atom. The van der Waals surface area contributed by atoms with Crippen LogP contribution in [0.1, 0.15) is 31.6 Å². The summed E-state index contributed by atoms with van der Waals surface area (Å²) in [4.78, 5) is 0. The summed E-state index contributed by atoms with van der Waals surface area (Å²) in [5, 5.41) is 0. The van der Waals surface area contributed by atoms with Crippen molar-refractivity contribution < 1.29 is 4.42 Å². The smallest absolute Gasteiger partial charge is 0.100 e. The van der Waals surface area contributed by atoms with Crippen molar-refractivity contribution in [2.75, 3.05) is 0 Å². The van der Waals surface area contributed by atoms with E-state index in [1.807, 2.05) is 13.2 Å². The molecule has 1 aromatic heterocycles. The fourth-order valence-electron chi connectivity index (χ4n) is 1.08. The molecule has 0 amide bonds. The van der Waals surface area contributed by atoms with E-state index in [-0.39, 0.29) is 0 Å². The first-order chi connectivity index (χ1) is 5.18. The molecule has 0 fully saturated rings. The molecule has 0 radical (unpaired) electrons. The van der Waals surface area contributed by atoms with Crippen LogP contribution in [0.4, 0.5) is 0 Å². The van der Waals surface area contributed by atoms with Crippen molar-refractivity contribution in [1.82, 2.24) is 0 Å². The third kappa shape index (κ3) is 2.79. The highest BCUT2D eigenvalue weighted by Crippen LogP contribution is 2.11. The minimum Gasteiger partial charge on any atom is -0.469 e. The highest BCUT2D eigenvalue weighted by molar-refractivity contribution is 5.11. The number of hydrogen-bond donors (Lipinski definition) is 0. The van der Waals surface area contributed by atoms with Gasteiger partial charge in [0.15, 0.2) is 0 Å². The lowest BCUT2D eigenvalue weighted by Gasteiger charge is -2.00. The van der Waals surface area contributed by atoms with E-state index in [9.17, 15) is 0 Å². The molecule has 0 bridgehead atoms. The predicted octanol–water partition coefficient (Wildman–Crippen LogP) is 3.18. The van der Waals surface area contributed by atoms with E-state index in [0.717, 1.165) is 18.1 Å². The lowest BCUT2D eigenvalue weighted by atomic mass is 10.1. The van der Waals surface area contributed by atoms with Gasteiger partial charge in [0, 0.05) is 0 Å². The van der Waals surface area contributed by atoms with Crippen molar-refractivity contribution in [2.24, 2.45) is 5.92 Å². The van der Waals surface area contributed by atoms with Gasteiger partial charge in [-0.05, 0) is 37.3 Å². The molecule has 11 heavy (non-hydrogen) atoms. The predicted molar refractivity (Wildman–Crippen MR) is 46.6 cm³/mol. The molecule has 0 atom stereocenters. The van der Waals surface area contributed by atoms with E-state index in [2.05, 4.69) is 19.9 Å². The zero-order chi connectivity index (χ0) is 8.27. The molecular weight excluding hydrogens is 136 g/mol. The number of rotatable bonds is 3. The van der Waals surface area contributed by atoms with Gasteiger partial charge in [-0.3, -0.25) is 0 Å². The minimum absolute atomic E-state index is 0.783. The van der Waals surface area contributed by atoms with Crippen molar-refractivity contribution in [2.45, 2.75) is 33.6 Å². The fraction of sp³-hybridized carbons (Fsp3) is 0.600. The van der Waals surface area contributed by atoms with Gasteiger partial charge < -0.3 is 4.42 Å². The Bertz CT molecular complexity index is 210. The van der Waals surface area contributed by atoms with Gasteiger partial charge in [0.25, 0.3) is 0 Å². The number of aryl methyl sites for hydroxylation is 2. The minimum atomic E-state index is 0.783. The van der Waals surface area contributed by atoms with Crippen LogP contribution in [0.25, 0.3) is 0 Å². The average Bonchev–Trinajstić information content (AvgIpc) is 2.31. The molecule has 1 nitrogen and oxygen atoms in total. The van der Waals surface area contributed by atoms with Gasteiger partial charge in [-0.1, -0.05) is 13.8 Å². The van der Waals surface area contributed by atoms with Gasteiger partial charge >= 0.3 is 0 Å². The van der Waals surface area contributed by atoms with Crippen molar-refractivity contribution in [1.29, 1.82) is 0 Å². The molecule has 62 valence electrons. The summed E-state index contributed by atoms with van der Waals surface area (Å²) in [6.45, 7) is 6.47. The summed E-state index contributed by atoms with van der Waals surface area (Å²) in [7, 11) is 0. The quantitative estimate of drug-likeness (QED) is 0.648. The van der Waals surface area contributed by atoms with Crippen molar-refractivity contribution in [3.05, 3.63) is 23.7 Å². The molecule has 0 unspecified atom stereocenters. The normalized spacial score (nSPS) is 10.9. The molecule has 0 aliphatic carbocycles. The topological polar surface area (TPSA) is 13.1 Å². The Hall–Kier alpha value is -0.720. The average molecular weight is 152 g/mol. The van der Waals surface area contributed by atoms with Crippen LogP contribution in [0, 0.1) is 12.8 Å². The molecule has 0 saturated carbocycles. The van der Waals surface area contributed by atoms with Crippen LogP contribution in [0.2, 0.25) is 0 Å². The van der Waals surface area contributed by atoms with E-state index in [4.69, 9.17) is 4.42 Å². The molecular formula is C10H16O. The lowest BCUT2D eigenvalue weighted by Crippen LogP contribution is -1.89. The van der Waals surface area contributed by atoms with E-state index >= 15 is 0 Å². The van der Waals surface area contributed by atoms with Crippen LogP contribution in [0.5, 0.6) is 0 Å². The molecule has 0 spiro atoms. The van der Waals surface area contributed by atoms with Gasteiger partial charge in [-0.15, -0.1) is 0 Å². The van der Waals surface area contributed by atoms with Gasteiger partial charge in [0.05, 0.1) is 6.26 Å². The maximum atomic E-state index is 5.20. The summed E-state index contributed by atoms with van der Waals surface area (Å²) >= 11 is 0. The van der Waals surface area contributed by atoms with E-state index < -0.39 is 0 Å². The summed E-state index contributed by atoms with van der Waals surface area (Å²) in [6.07, 6.45) is 4.26. The van der Waals surface area contributed by atoms with E-state index in [1.165, 1.54) is 12.0 Å². The molecule has 0 N–H and O–H groups in total. The molecule has 1 heterocycles. The summed E-state index contributed by atoms with van der Waals surface area (Å²) < 4.78 is 5.20. The zero-order valence-electron chi connectivity index (χ0n) is 7.55. The second kappa shape index (κ2) is 3.61. The Morgan fingerprint density at radius 3 is 2.64 bits per heavy atom. The van der Waals surface area contributed by atoms with Crippen LogP contribution in [0.3, 0.4) is 0 Å². The summed E-state index contributed by atoms with van der Waals surface area (Å²) in [5.74, 6) is 1.80. The highest BCUT2D eigenvalue weighted by atomic mass is 16.3. The molecule has 0 aromatic carbocycles. The molecule has 1 heteroatoms. The van der Waals surface area contributed by atoms with E-state index in [1.54, 1.807) is 0 Å². The zero-order valence-corrected chi connectivity index (χ0v) is 7.55. The van der Waals surface area contributed by atoms with Crippen molar-refractivity contribution >= 4 is 0 Å². The van der Waals surface area contributed by atoms with Gasteiger partial charge in [0.2, 0.25) is 0 Å². The summed E-state index contributed by atoms with van der Waals surface area (Å²) in [6, 6.07) is 2.11. The van der Waals surface area contributed by atoms with Crippen LogP contribution < -0.4 is 0 Å². The Labute approximate surface area is 68.4 Å². The second-order valence-corrected chi connectivity index (χ2v) is 3.50. The molecule has 1 aromatic rings. The Kier molecular flexibility index (Phi) is 2.75. The van der Waals surface area contributed by atoms with Crippen molar-refractivity contribution in [3.63, 3.8) is 0 Å². The molecule has 0 aliphatic rings. The van der Waals surface area contributed by atoms with Crippen LogP contribution in [-0.2, 0) is 6.42 Å². The maximum Gasteiger partial charge on any atom is 0.100 e. The summed E-state index contributed by atoms with van der Waals surface area (Å²) in [5.41, 5.74) is 1.33. The molecule has 0 saturated heterocycles. The Balaban J connectivity index is 2.39. The lowest BCUT2D eigenvalue weighted by molar-refractivity contribution is 0.527. The first kappa shape index (κ1) is 8.38. The fourth-order valence-corrected chi connectivity index (χ4v) is 1.08. The van der Waals surface area contributed by atoms with Crippen LogP contribution in [-0.4, -0.2) is 0 Å². The Morgan fingerprint density at radius 1 is 1.45 bits per heavy atom. The molecule has 0 aliphatic heterocycles. The monoisotopic (exact) mass is 152 g/mol. The van der Waals surface area contributed by atoms with Gasteiger partial charge in [-0.2, -0.15) is 0 Å². The second-order valence-electron chi connectivity index (χ2n) is 3.50. The molecule has 1 rings (SSSR count). The standard InChI is InChI=1S/C10H16O/c1-8(2)4-5-10-6-9(3)11-7-10/h6-8H,4-5H2,1-3H3. The van der Waals surface area contributed by atoms with Crippen molar-refractivity contribution in [3.8, 4) is 0 Å². The number of hydrogen-bond acceptors (Lipinski definition) is 1. The van der Waals surface area contributed by atoms with E-state index in [0.29, 0.717) is 0 Å². The largest absolute Gasteiger partial charge is 0.469 e.